The molecule has 1 saturated carbocycles. The number of benzene rings is 1. The Morgan fingerprint density at radius 2 is 2.22 bits per heavy atom. The Kier molecular flexibility index (Phi) is 4.39. The second kappa shape index (κ2) is 5.83. The highest BCUT2D eigenvalue weighted by Gasteiger charge is 2.30. The number of thioether (sulfide) groups is 1. The number of hydrogen-bond donors (Lipinski definition) is 1. The molecule has 1 unspecified atom stereocenters. The summed E-state index contributed by atoms with van der Waals surface area (Å²) in [6.07, 6.45) is 5.84. The molecule has 1 aliphatic carbocycles. The Bertz CT molecular complexity index is 411. The Morgan fingerprint density at radius 3 is 2.89 bits per heavy atom. The minimum Gasteiger partial charge on any atom is -0.381 e. The zero-order valence-corrected chi connectivity index (χ0v) is 12.2. The minimum absolute atomic E-state index is 0.501. The number of nitrogens with one attached hydrogen (secondary N) is 1. The van der Waals surface area contributed by atoms with Crippen LogP contribution in [0.4, 0.5) is 5.69 Å². The van der Waals surface area contributed by atoms with Crippen LogP contribution in [0.1, 0.15) is 33.1 Å². The third kappa shape index (κ3) is 3.55. The lowest BCUT2D eigenvalue weighted by Crippen LogP contribution is -2.17. The van der Waals surface area contributed by atoms with E-state index in [4.69, 9.17) is 0 Å². The van der Waals surface area contributed by atoms with Crippen LogP contribution in [0.3, 0.4) is 0 Å². The highest BCUT2D eigenvalue weighted by Crippen LogP contribution is 2.39. The van der Waals surface area contributed by atoms with E-state index in [0.717, 1.165) is 5.75 Å². The molecule has 1 aromatic rings. The molecule has 0 aromatic heterocycles. The van der Waals surface area contributed by atoms with Crippen LogP contribution < -0.4 is 5.32 Å². The normalized spacial score (nSPS) is 21.8. The van der Waals surface area contributed by atoms with Crippen molar-refractivity contribution in [1.82, 2.24) is 0 Å². The van der Waals surface area contributed by atoms with E-state index in [9.17, 15) is 0 Å². The molecule has 1 N–H and O–H groups in total. The molecule has 0 amide bonds. The second-order valence-corrected chi connectivity index (χ2v) is 6.91. The Balaban J connectivity index is 2.02. The van der Waals surface area contributed by atoms with Gasteiger partial charge in [0.1, 0.15) is 0 Å². The molecule has 0 heterocycles. The van der Waals surface area contributed by atoms with Crippen molar-refractivity contribution >= 4 is 17.4 Å². The van der Waals surface area contributed by atoms with Crippen LogP contribution in [-0.4, -0.2) is 11.8 Å². The van der Waals surface area contributed by atoms with Crippen LogP contribution in [0.5, 0.6) is 0 Å². The van der Waals surface area contributed by atoms with Gasteiger partial charge in [-0.1, -0.05) is 32.1 Å². The van der Waals surface area contributed by atoms with Gasteiger partial charge in [-0.05, 0) is 36.8 Å². The van der Waals surface area contributed by atoms with Gasteiger partial charge in [0, 0.05) is 22.4 Å². The fourth-order valence-corrected chi connectivity index (χ4v) is 3.39. The number of rotatable bonds is 5. The van der Waals surface area contributed by atoms with Crippen molar-refractivity contribution in [3.8, 4) is 0 Å². The molecule has 0 radical (unpaired) electrons. The first-order valence-corrected chi connectivity index (χ1v) is 7.68. The predicted octanol–water partition coefficient (Wildman–Crippen LogP) is 4.96. The summed E-state index contributed by atoms with van der Waals surface area (Å²) in [7, 11) is 0. The van der Waals surface area contributed by atoms with E-state index in [-0.39, 0.29) is 0 Å². The zero-order chi connectivity index (χ0) is 13.0. The van der Waals surface area contributed by atoms with Crippen LogP contribution in [0, 0.1) is 5.41 Å². The maximum absolute atomic E-state index is 3.79. The maximum Gasteiger partial charge on any atom is 0.0480 e. The first-order chi connectivity index (χ1) is 8.61. The summed E-state index contributed by atoms with van der Waals surface area (Å²) in [5, 5.41) is 3.72. The van der Waals surface area contributed by atoms with Gasteiger partial charge < -0.3 is 5.32 Å². The molecule has 0 spiro atoms. The molecule has 98 valence electrons. The SMILES string of the molecule is C=CCSc1ccccc1NC1CCC(C)(C)C1. The van der Waals surface area contributed by atoms with Crippen molar-refractivity contribution in [2.45, 2.75) is 44.0 Å². The molecule has 18 heavy (non-hydrogen) atoms. The highest BCUT2D eigenvalue weighted by atomic mass is 32.2. The summed E-state index contributed by atoms with van der Waals surface area (Å²) in [4.78, 5) is 1.34. The summed E-state index contributed by atoms with van der Waals surface area (Å²) in [5.41, 5.74) is 1.79. The summed E-state index contributed by atoms with van der Waals surface area (Å²) in [6, 6.07) is 9.23. The van der Waals surface area contributed by atoms with Crippen molar-refractivity contribution < 1.29 is 0 Å². The molecule has 2 rings (SSSR count). The average Bonchev–Trinajstić information content (AvgIpc) is 2.68. The summed E-state index contributed by atoms with van der Waals surface area (Å²) >= 11 is 1.85. The first-order valence-electron chi connectivity index (χ1n) is 6.70. The van der Waals surface area contributed by atoms with Crippen LogP contribution in [0.25, 0.3) is 0 Å². The van der Waals surface area contributed by atoms with Crippen molar-refractivity contribution in [2.75, 3.05) is 11.1 Å². The second-order valence-electron chi connectivity index (χ2n) is 5.84. The Morgan fingerprint density at radius 1 is 1.44 bits per heavy atom. The summed E-state index contributed by atoms with van der Waals surface area (Å²) in [5.74, 6) is 0.967. The van der Waals surface area contributed by atoms with Crippen molar-refractivity contribution in [2.24, 2.45) is 5.41 Å². The molecule has 0 saturated heterocycles. The van der Waals surface area contributed by atoms with E-state index >= 15 is 0 Å². The van der Waals surface area contributed by atoms with Gasteiger partial charge >= 0.3 is 0 Å². The van der Waals surface area contributed by atoms with Gasteiger partial charge in [-0.15, -0.1) is 18.3 Å². The molecular weight excluding hydrogens is 238 g/mol. The van der Waals surface area contributed by atoms with Gasteiger partial charge in [0.25, 0.3) is 0 Å². The molecular formula is C16H23NS. The predicted molar refractivity (Wildman–Crippen MR) is 82.4 cm³/mol. The summed E-state index contributed by atoms with van der Waals surface area (Å²) < 4.78 is 0. The highest BCUT2D eigenvalue weighted by molar-refractivity contribution is 7.99. The van der Waals surface area contributed by atoms with Gasteiger partial charge in [0.15, 0.2) is 0 Å². The largest absolute Gasteiger partial charge is 0.381 e. The van der Waals surface area contributed by atoms with E-state index in [0.29, 0.717) is 11.5 Å². The molecule has 1 atom stereocenters. The molecule has 1 nitrogen and oxygen atoms in total. The Labute approximate surface area is 115 Å². The fourth-order valence-electron chi connectivity index (χ4n) is 2.64. The van der Waals surface area contributed by atoms with Crippen LogP contribution >= 0.6 is 11.8 Å². The quantitative estimate of drug-likeness (QED) is 0.594. The van der Waals surface area contributed by atoms with E-state index in [2.05, 4.69) is 50.0 Å². The van der Waals surface area contributed by atoms with Crippen LogP contribution in [-0.2, 0) is 0 Å². The van der Waals surface area contributed by atoms with Gasteiger partial charge in [-0.25, -0.2) is 0 Å². The van der Waals surface area contributed by atoms with Gasteiger partial charge in [0.2, 0.25) is 0 Å². The minimum atomic E-state index is 0.501. The van der Waals surface area contributed by atoms with Crippen molar-refractivity contribution in [3.63, 3.8) is 0 Å². The lowest BCUT2D eigenvalue weighted by molar-refractivity contribution is 0.378. The maximum atomic E-state index is 3.79. The van der Waals surface area contributed by atoms with Crippen molar-refractivity contribution in [1.29, 1.82) is 0 Å². The third-order valence-electron chi connectivity index (χ3n) is 3.57. The Hall–Kier alpha value is -0.890. The average molecular weight is 261 g/mol. The van der Waals surface area contributed by atoms with Crippen molar-refractivity contribution in [3.05, 3.63) is 36.9 Å². The molecule has 1 aliphatic rings. The number of para-hydroxylation sites is 1. The van der Waals surface area contributed by atoms with Gasteiger partial charge in [-0.3, -0.25) is 0 Å². The number of anilines is 1. The standard InChI is InChI=1S/C16H23NS/c1-4-11-18-15-8-6-5-7-14(15)17-13-9-10-16(2,3)12-13/h4-8,13,17H,1,9-12H2,2-3H3. The zero-order valence-electron chi connectivity index (χ0n) is 11.4. The topological polar surface area (TPSA) is 12.0 Å². The smallest absolute Gasteiger partial charge is 0.0480 e. The molecule has 0 bridgehead atoms. The van der Waals surface area contributed by atoms with E-state index in [1.54, 1.807) is 0 Å². The molecule has 1 fully saturated rings. The van der Waals surface area contributed by atoms with E-state index in [1.807, 2.05) is 17.8 Å². The van der Waals surface area contributed by atoms with Crippen LogP contribution in [0.2, 0.25) is 0 Å². The molecule has 1 aromatic carbocycles. The van der Waals surface area contributed by atoms with Crippen LogP contribution in [0.15, 0.2) is 41.8 Å². The lowest BCUT2D eigenvalue weighted by Gasteiger charge is -2.20. The molecule has 2 heteroatoms. The molecule has 0 aliphatic heterocycles. The fraction of sp³-hybridized carbons (Fsp3) is 0.500. The monoisotopic (exact) mass is 261 g/mol. The third-order valence-corrected chi connectivity index (χ3v) is 4.64. The number of hydrogen-bond acceptors (Lipinski definition) is 2. The van der Waals surface area contributed by atoms with Gasteiger partial charge in [-0.2, -0.15) is 0 Å². The first kappa shape index (κ1) is 13.5. The van der Waals surface area contributed by atoms with E-state index < -0.39 is 0 Å². The summed E-state index contributed by atoms with van der Waals surface area (Å²) in [6.45, 7) is 8.52. The van der Waals surface area contributed by atoms with E-state index in [1.165, 1.54) is 29.8 Å². The lowest BCUT2D eigenvalue weighted by atomic mass is 9.92. The van der Waals surface area contributed by atoms with Gasteiger partial charge in [0.05, 0.1) is 0 Å².